The fraction of sp³-hybridized carbons (Fsp3) is 0.533. The standard InChI is InChI=1S/C15H22F2N2O3/c1-15(2,3)22-14(21)19-12(6-7-18)13(20)9-4-5-10(16)11(17)8-9/h4-5,8,12-13,20H,6-7,18H2,1-3H3,(H,19,21). The summed E-state index contributed by atoms with van der Waals surface area (Å²) in [7, 11) is 0. The Morgan fingerprint density at radius 3 is 2.50 bits per heavy atom. The molecule has 0 saturated heterocycles. The average molecular weight is 316 g/mol. The zero-order valence-corrected chi connectivity index (χ0v) is 12.9. The molecular formula is C15H22F2N2O3. The minimum atomic E-state index is -1.23. The lowest BCUT2D eigenvalue weighted by Crippen LogP contribution is -2.43. The number of nitrogens with two attached hydrogens (primary N) is 1. The Bertz CT molecular complexity index is 518. The molecule has 0 aliphatic heterocycles. The molecule has 0 heterocycles. The number of aliphatic hydroxyl groups excluding tert-OH is 1. The molecule has 0 bridgehead atoms. The average Bonchev–Trinajstić information content (AvgIpc) is 2.38. The van der Waals surface area contributed by atoms with Crippen molar-refractivity contribution in [3.05, 3.63) is 35.4 Å². The number of hydrogen-bond acceptors (Lipinski definition) is 4. The normalized spacial score (nSPS) is 14.3. The Kier molecular flexibility index (Phi) is 6.25. The largest absolute Gasteiger partial charge is 0.444 e. The lowest BCUT2D eigenvalue weighted by atomic mass is 9.99. The third-order valence-electron chi connectivity index (χ3n) is 2.85. The molecule has 1 aromatic rings. The molecule has 7 heteroatoms. The number of halogens is 2. The minimum absolute atomic E-state index is 0.147. The topological polar surface area (TPSA) is 84.6 Å². The van der Waals surface area contributed by atoms with E-state index in [2.05, 4.69) is 5.32 Å². The Balaban J connectivity index is 2.84. The van der Waals surface area contributed by atoms with Crippen molar-refractivity contribution in [3.63, 3.8) is 0 Å². The van der Waals surface area contributed by atoms with Crippen LogP contribution in [0, 0.1) is 11.6 Å². The predicted molar refractivity (Wildman–Crippen MR) is 78.1 cm³/mol. The van der Waals surface area contributed by atoms with Crippen molar-refractivity contribution in [2.24, 2.45) is 5.73 Å². The highest BCUT2D eigenvalue weighted by Crippen LogP contribution is 2.21. The van der Waals surface area contributed by atoms with Gasteiger partial charge in [-0.3, -0.25) is 0 Å². The summed E-state index contributed by atoms with van der Waals surface area (Å²) in [5.41, 5.74) is 4.92. The third-order valence-corrected chi connectivity index (χ3v) is 2.85. The number of amides is 1. The summed E-state index contributed by atoms with van der Waals surface area (Å²) in [6.45, 7) is 5.31. The van der Waals surface area contributed by atoms with Crippen LogP contribution in [0.25, 0.3) is 0 Å². The van der Waals surface area contributed by atoms with Crippen LogP contribution in [-0.4, -0.2) is 29.4 Å². The van der Waals surface area contributed by atoms with Crippen molar-refractivity contribution >= 4 is 6.09 Å². The van der Waals surface area contributed by atoms with Gasteiger partial charge in [-0.2, -0.15) is 0 Å². The second-order valence-electron chi connectivity index (χ2n) is 5.95. The number of carbonyl (C=O) groups is 1. The number of nitrogens with one attached hydrogen (secondary N) is 1. The summed E-state index contributed by atoms with van der Waals surface area (Å²) in [4.78, 5) is 11.8. The summed E-state index contributed by atoms with van der Waals surface area (Å²) in [5.74, 6) is -2.08. The highest BCUT2D eigenvalue weighted by atomic mass is 19.2. The van der Waals surface area contributed by atoms with Gasteiger partial charge in [0.15, 0.2) is 11.6 Å². The molecule has 5 nitrogen and oxygen atoms in total. The van der Waals surface area contributed by atoms with E-state index in [0.29, 0.717) is 0 Å². The van der Waals surface area contributed by atoms with E-state index in [1.54, 1.807) is 20.8 Å². The van der Waals surface area contributed by atoms with Gasteiger partial charge >= 0.3 is 6.09 Å². The van der Waals surface area contributed by atoms with E-state index in [1.165, 1.54) is 6.07 Å². The molecule has 0 radical (unpaired) electrons. The molecular weight excluding hydrogens is 294 g/mol. The highest BCUT2D eigenvalue weighted by molar-refractivity contribution is 5.68. The summed E-state index contributed by atoms with van der Waals surface area (Å²) >= 11 is 0. The molecule has 0 aliphatic rings. The maximum atomic E-state index is 13.3. The van der Waals surface area contributed by atoms with Gasteiger partial charge < -0.3 is 20.9 Å². The first-order valence-corrected chi connectivity index (χ1v) is 6.96. The number of ether oxygens (including phenoxy) is 1. The van der Waals surface area contributed by atoms with Crippen LogP contribution < -0.4 is 11.1 Å². The van der Waals surface area contributed by atoms with Gasteiger partial charge in [0.25, 0.3) is 0 Å². The van der Waals surface area contributed by atoms with E-state index in [1.807, 2.05) is 0 Å². The summed E-state index contributed by atoms with van der Waals surface area (Å²) < 4.78 is 31.3. The fourth-order valence-corrected chi connectivity index (χ4v) is 1.88. The molecule has 0 aliphatic carbocycles. The molecule has 0 fully saturated rings. The SMILES string of the molecule is CC(C)(C)OC(=O)NC(CCN)C(O)c1ccc(F)c(F)c1. The van der Waals surface area contributed by atoms with Gasteiger partial charge in [-0.1, -0.05) is 6.07 Å². The number of benzene rings is 1. The second-order valence-corrected chi connectivity index (χ2v) is 5.95. The molecule has 2 unspecified atom stereocenters. The van der Waals surface area contributed by atoms with Gasteiger partial charge in [0.05, 0.1) is 12.1 Å². The molecule has 2 atom stereocenters. The molecule has 124 valence electrons. The number of alkyl carbamates (subject to hydrolysis) is 1. The molecule has 1 aromatic carbocycles. The van der Waals surface area contributed by atoms with Crippen LogP contribution in [0.1, 0.15) is 38.9 Å². The van der Waals surface area contributed by atoms with Crippen LogP contribution in [-0.2, 0) is 4.74 Å². The van der Waals surface area contributed by atoms with E-state index < -0.39 is 35.5 Å². The number of rotatable bonds is 5. The quantitative estimate of drug-likeness (QED) is 0.778. The maximum Gasteiger partial charge on any atom is 0.407 e. The van der Waals surface area contributed by atoms with Crippen molar-refractivity contribution in [2.75, 3.05) is 6.54 Å². The van der Waals surface area contributed by atoms with E-state index in [4.69, 9.17) is 10.5 Å². The van der Waals surface area contributed by atoms with Gasteiger partial charge in [-0.15, -0.1) is 0 Å². The summed E-state index contributed by atoms with van der Waals surface area (Å²) in [5, 5.41) is 12.8. The van der Waals surface area contributed by atoms with Crippen molar-refractivity contribution in [1.29, 1.82) is 0 Å². The fourth-order valence-electron chi connectivity index (χ4n) is 1.88. The number of carbonyl (C=O) groups excluding carboxylic acids is 1. The maximum absolute atomic E-state index is 13.3. The third kappa shape index (κ3) is 5.57. The highest BCUT2D eigenvalue weighted by Gasteiger charge is 2.25. The Morgan fingerprint density at radius 1 is 1.36 bits per heavy atom. The first-order chi connectivity index (χ1) is 10.1. The van der Waals surface area contributed by atoms with Gasteiger partial charge in [-0.25, -0.2) is 13.6 Å². The van der Waals surface area contributed by atoms with Gasteiger partial charge in [0.2, 0.25) is 0 Å². The Labute approximate surface area is 128 Å². The molecule has 0 saturated carbocycles. The number of hydrogen-bond donors (Lipinski definition) is 3. The first-order valence-electron chi connectivity index (χ1n) is 6.96. The van der Waals surface area contributed by atoms with Crippen molar-refractivity contribution < 1.29 is 23.4 Å². The van der Waals surface area contributed by atoms with Crippen LogP contribution in [0.5, 0.6) is 0 Å². The molecule has 22 heavy (non-hydrogen) atoms. The van der Waals surface area contributed by atoms with Gasteiger partial charge in [0.1, 0.15) is 5.60 Å². The van der Waals surface area contributed by atoms with E-state index >= 15 is 0 Å². The van der Waals surface area contributed by atoms with E-state index in [0.717, 1.165) is 12.1 Å². The lowest BCUT2D eigenvalue weighted by Gasteiger charge is -2.26. The van der Waals surface area contributed by atoms with Crippen LogP contribution in [0.2, 0.25) is 0 Å². The summed E-state index contributed by atoms with van der Waals surface area (Å²) in [6.07, 6.45) is -1.70. The van der Waals surface area contributed by atoms with Crippen molar-refractivity contribution in [3.8, 4) is 0 Å². The lowest BCUT2D eigenvalue weighted by molar-refractivity contribution is 0.0415. The molecule has 0 aromatic heterocycles. The van der Waals surface area contributed by atoms with Gasteiger partial charge in [-0.05, 0) is 51.4 Å². The van der Waals surface area contributed by atoms with Crippen LogP contribution >= 0.6 is 0 Å². The second kappa shape index (κ2) is 7.51. The number of aliphatic hydroxyl groups is 1. The van der Waals surface area contributed by atoms with Crippen molar-refractivity contribution in [2.45, 2.75) is 44.9 Å². The minimum Gasteiger partial charge on any atom is -0.444 e. The van der Waals surface area contributed by atoms with E-state index in [9.17, 15) is 18.7 Å². The predicted octanol–water partition coefficient (Wildman–Crippen LogP) is 2.24. The van der Waals surface area contributed by atoms with Gasteiger partial charge in [0, 0.05) is 0 Å². The smallest absolute Gasteiger partial charge is 0.407 e. The van der Waals surface area contributed by atoms with Crippen LogP contribution in [0.15, 0.2) is 18.2 Å². The van der Waals surface area contributed by atoms with Crippen molar-refractivity contribution in [1.82, 2.24) is 5.32 Å². The first kappa shape index (κ1) is 18.3. The Morgan fingerprint density at radius 2 is 2.00 bits per heavy atom. The van der Waals surface area contributed by atoms with Crippen LogP contribution in [0.4, 0.5) is 13.6 Å². The zero-order chi connectivity index (χ0) is 16.9. The van der Waals surface area contributed by atoms with Crippen LogP contribution in [0.3, 0.4) is 0 Å². The summed E-state index contributed by atoms with van der Waals surface area (Å²) in [6, 6.07) is 2.29. The Hall–Kier alpha value is -1.73. The molecule has 1 amide bonds. The molecule has 0 spiro atoms. The zero-order valence-electron chi connectivity index (χ0n) is 12.9. The molecule has 1 rings (SSSR count). The molecule has 4 N–H and O–H groups in total. The monoisotopic (exact) mass is 316 g/mol. The van der Waals surface area contributed by atoms with E-state index in [-0.39, 0.29) is 18.5 Å².